The maximum Gasteiger partial charge on any atom is 0.296 e. The van der Waals surface area contributed by atoms with Crippen molar-refractivity contribution in [3.05, 3.63) is 77.9 Å². The average Bonchev–Trinajstić information content (AvgIpc) is 3.06. The van der Waals surface area contributed by atoms with Crippen LogP contribution in [0.2, 0.25) is 0 Å². The Morgan fingerprint density at radius 2 is 1.58 bits per heavy atom. The molecule has 0 aliphatic heterocycles. The van der Waals surface area contributed by atoms with Crippen LogP contribution in [0.4, 0.5) is 0 Å². The minimum Gasteiger partial charge on any atom is -0.323 e. The van der Waals surface area contributed by atoms with Gasteiger partial charge in [-0.25, -0.2) is 4.57 Å². The van der Waals surface area contributed by atoms with E-state index >= 15 is 0 Å². The fourth-order valence-corrected chi connectivity index (χ4v) is 3.69. The standard InChI is InChI=1S/C21H22N3/c1-15-8-7-9-16(2)20(15)24-13-12-22(4)21(24)19-17(3)14-23-11-6-5-10-18(19)23/h5-14H,1-4H3/q+1. The highest BCUT2D eigenvalue weighted by molar-refractivity contribution is 5.80. The Morgan fingerprint density at radius 3 is 2.33 bits per heavy atom. The average molecular weight is 316 g/mol. The van der Waals surface area contributed by atoms with Crippen molar-refractivity contribution < 1.29 is 4.57 Å². The molecule has 120 valence electrons. The first-order chi connectivity index (χ1) is 11.6. The quantitative estimate of drug-likeness (QED) is 0.493. The van der Waals surface area contributed by atoms with Gasteiger partial charge in [0.1, 0.15) is 18.1 Å². The minimum atomic E-state index is 1.21. The van der Waals surface area contributed by atoms with Crippen LogP contribution in [-0.2, 0) is 7.05 Å². The Balaban J connectivity index is 2.07. The van der Waals surface area contributed by atoms with E-state index in [0.29, 0.717) is 0 Å². The molecule has 0 aliphatic rings. The summed E-state index contributed by atoms with van der Waals surface area (Å²) >= 11 is 0. The van der Waals surface area contributed by atoms with Gasteiger partial charge in [-0.1, -0.05) is 24.3 Å². The van der Waals surface area contributed by atoms with E-state index in [1.54, 1.807) is 0 Å². The Kier molecular flexibility index (Phi) is 3.31. The van der Waals surface area contributed by atoms with Gasteiger partial charge in [-0.05, 0) is 49.6 Å². The van der Waals surface area contributed by atoms with Crippen molar-refractivity contribution in [2.45, 2.75) is 20.8 Å². The van der Waals surface area contributed by atoms with Gasteiger partial charge in [0.15, 0.2) is 0 Å². The first kappa shape index (κ1) is 14.8. The lowest BCUT2D eigenvalue weighted by molar-refractivity contribution is -0.659. The molecule has 0 atom stereocenters. The number of aryl methyl sites for hydroxylation is 4. The molecule has 3 heterocycles. The van der Waals surface area contributed by atoms with E-state index in [-0.39, 0.29) is 0 Å². The maximum absolute atomic E-state index is 2.32. The summed E-state index contributed by atoms with van der Waals surface area (Å²) in [5.74, 6) is 1.21. The lowest BCUT2D eigenvalue weighted by atomic mass is 10.1. The zero-order chi connectivity index (χ0) is 16.8. The number of benzene rings is 1. The molecule has 0 amide bonds. The molecule has 24 heavy (non-hydrogen) atoms. The van der Waals surface area contributed by atoms with Crippen LogP contribution in [0.1, 0.15) is 16.7 Å². The third-order valence-electron chi connectivity index (χ3n) is 4.78. The monoisotopic (exact) mass is 316 g/mol. The molecule has 3 aromatic heterocycles. The summed E-state index contributed by atoms with van der Waals surface area (Å²) in [6, 6.07) is 12.8. The predicted molar refractivity (Wildman–Crippen MR) is 97.5 cm³/mol. The molecule has 0 radical (unpaired) electrons. The molecular formula is C21H22N3+. The molecular weight excluding hydrogens is 294 g/mol. The Morgan fingerprint density at radius 1 is 0.833 bits per heavy atom. The fourth-order valence-electron chi connectivity index (χ4n) is 3.69. The van der Waals surface area contributed by atoms with E-state index in [4.69, 9.17) is 0 Å². The molecule has 0 unspecified atom stereocenters. The van der Waals surface area contributed by atoms with Crippen LogP contribution in [-0.4, -0.2) is 8.97 Å². The molecule has 4 rings (SSSR count). The highest BCUT2D eigenvalue weighted by atomic mass is 15.1. The molecule has 0 bridgehead atoms. The minimum absolute atomic E-state index is 1.21. The van der Waals surface area contributed by atoms with Crippen LogP contribution < -0.4 is 4.57 Å². The summed E-state index contributed by atoms with van der Waals surface area (Å²) in [6.07, 6.45) is 8.61. The Labute approximate surface area is 142 Å². The number of hydrogen-bond acceptors (Lipinski definition) is 0. The molecule has 1 aromatic carbocycles. The van der Waals surface area contributed by atoms with Gasteiger partial charge in [0.05, 0.1) is 18.1 Å². The lowest BCUT2D eigenvalue weighted by Gasteiger charge is -2.09. The Bertz CT molecular complexity index is 1030. The molecule has 0 fully saturated rings. The van der Waals surface area contributed by atoms with Gasteiger partial charge < -0.3 is 4.40 Å². The van der Waals surface area contributed by atoms with E-state index in [1.807, 2.05) is 0 Å². The molecule has 0 aliphatic carbocycles. The summed E-state index contributed by atoms with van der Waals surface area (Å²) in [5, 5.41) is 0. The second-order valence-corrected chi connectivity index (χ2v) is 6.52. The van der Waals surface area contributed by atoms with Crippen molar-refractivity contribution in [1.29, 1.82) is 0 Å². The number of aromatic nitrogens is 3. The molecule has 4 aromatic rings. The Hall–Kier alpha value is -2.81. The molecule has 0 saturated carbocycles. The number of fused-ring (bicyclic) bond motifs is 1. The zero-order valence-corrected chi connectivity index (χ0v) is 14.6. The second-order valence-electron chi connectivity index (χ2n) is 6.52. The summed E-state index contributed by atoms with van der Waals surface area (Å²) in [6.45, 7) is 6.54. The van der Waals surface area contributed by atoms with Crippen molar-refractivity contribution in [3.63, 3.8) is 0 Å². The third kappa shape index (κ3) is 2.08. The largest absolute Gasteiger partial charge is 0.323 e. The van der Waals surface area contributed by atoms with Crippen LogP contribution in [0, 0.1) is 20.8 Å². The first-order valence-electron chi connectivity index (χ1n) is 8.28. The van der Waals surface area contributed by atoms with Gasteiger partial charge in [0.2, 0.25) is 0 Å². The van der Waals surface area contributed by atoms with Crippen molar-refractivity contribution in [2.24, 2.45) is 7.05 Å². The normalized spacial score (nSPS) is 11.3. The van der Waals surface area contributed by atoms with Gasteiger partial charge in [-0.15, -0.1) is 0 Å². The smallest absolute Gasteiger partial charge is 0.296 e. The van der Waals surface area contributed by atoms with E-state index < -0.39 is 0 Å². The summed E-state index contributed by atoms with van der Waals surface area (Å²) in [4.78, 5) is 0. The number of pyridine rings is 1. The number of para-hydroxylation sites is 1. The van der Waals surface area contributed by atoms with Crippen molar-refractivity contribution in [3.8, 4) is 17.1 Å². The van der Waals surface area contributed by atoms with Crippen LogP contribution in [0.3, 0.4) is 0 Å². The van der Waals surface area contributed by atoms with Gasteiger partial charge >= 0.3 is 0 Å². The molecule has 0 saturated heterocycles. The summed E-state index contributed by atoms with van der Waals surface area (Å²) < 4.78 is 6.73. The van der Waals surface area contributed by atoms with Crippen molar-refractivity contribution in [1.82, 2.24) is 8.97 Å². The maximum atomic E-state index is 2.32. The van der Waals surface area contributed by atoms with Crippen LogP contribution in [0.5, 0.6) is 0 Å². The van der Waals surface area contributed by atoms with Crippen molar-refractivity contribution >= 4 is 5.52 Å². The van der Waals surface area contributed by atoms with E-state index in [0.717, 1.165) is 0 Å². The summed E-state index contributed by atoms with van der Waals surface area (Å²) in [7, 11) is 2.12. The number of nitrogens with zero attached hydrogens (tertiary/aromatic N) is 3. The second kappa shape index (κ2) is 5.38. The van der Waals surface area contributed by atoms with Gasteiger partial charge in [-0.2, -0.15) is 4.57 Å². The van der Waals surface area contributed by atoms with E-state index in [1.165, 1.54) is 39.3 Å². The third-order valence-corrected chi connectivity index (χ3v) is 4.78. The van der Waals surface area contributed by atoms with Crippen molar-refractivity contribution in [2.75, 3.05) is 0 Å². The van der Waals surface area contributed by atoms with E-state index in [9.17, 15) is 0 Å². The fraction of sp³-hybridized carbons (Fsp3) is 0.190. The van der Waals surface area contributed by atoms with Gasteiger partial charge in [-0.3, -0.25) is 0 Å². The van der Waals surface area contributed by atoms with Crippen LogP contribution in [0.25, 0.3) is 22.6 Å². The number of rotatable bonds is 2. The predicted octanol–water partition coefficient (Wildman–Crippen LogP) is 4.15. The molecule has 3 nitrogen and oxygen atoms in total. The first-order valence-corrected chi connectivity index (χ1v) is 8.28. The SMILES string of the molecule is Cc1cccc(C)c1-n1cc[n+](C)c1-c1c(C)cn2ccccc12. The molecule has 3 heteroatoms. The van der Waals surface area contributed by atoms with E-state index in [2.05, 4.69) is 103 Å². The number of imidazole rings is 1. The highest BCUT2D eigenvalue weighted by Crippen LogP contribution is 2.31. The molecule has 0 N–H and O–H groups in total. The van der Waals surface area contributed by atoms with Crippen LogP contribution >= 0.6 is 0 Å². The highest BCUT2D eigenvalue weighted by Gasteiger charge is 2.25. The molecule has 0 spiro atoms. The van der Waals surface area contributed by atoms with Gasteiger partial charge in [0.25, 0.3) is 5.82 Å². The zero-order valence-electron chi connectivity index (χ0n) is 14.6. The number of hydrogen-bond donors (Lipinski definition) is 0. The lowest BCUT2D eigenvalue weighted by Crippen LogP contribution is -2.29. The van der Waals surface area contributed by atoms with Crippen LogP contribution in [0.15, 0.2) is 61.2 Å². The topological polar surface area (TPSA) is 13.2 Å². The van der Waals surface area contributed by atoms with Gasteiger partial charge in [0, 0.05) is 12.4 Å². The summed E-state index contributed by atoms with van der Waals surface area (Å²) in [5.41, 5.74) is 7.63.